The summed E-state index contributed by atoms with van der Waals surface area (Å²) in [4.78, 5) is 5.95. The Kier molecular flexibility index (Phi) is 10.2. The highest BCUT2D eigenvalue weighted by Gasteiger charge is 2.59. The van der Waals surface area contributed by atoms with Gasteiger partial charge in [0.2, 0.25) is 0 Å². The van der Waals surface area contributed by atoms with E-state index in [2.05, 4.69) is 143 Å². The molecule has 2 heteroatoms. The lowest BCUT2D eigenvalue weighted by atomic mass is 9.50. The van der Waals surface area contributed by atoms with E-state index in [0.717, 1.165) is 23.7 Å². The zero-order valence-electron chi connectivity index (χ0n) is 35.0. The Balaban J connectivity index is 1.27. The number of benzene rings is 2. The molecule has 278 valence electrons. The first-order valence-electron chi connectivity index (χ1n) is 21.2. The molecule has 2 nitrogen and oxygen atoms in total. The van der Waals surface area contributed by atoms with E-state index < -0.39 is 0 Å². The van der Waals surface area contributed by atoms with Crippen LogP contribution in [-0.2, 0) is 0 Å². The maximum Gasteiger partial charge on any atom is 0.0441 e. The molecule has 4 heterocycles. The van der Waals surface area contributed by atoms with Crippen molar-refractivity contribution >= 4 is 11.4 Å². The largest absolute Gasteiger partial charge is 0.365 e. The van der Waals surface area contributed by atoms with Crippen molar-refractivity contribution in [2.24, 2.45) is 34.5 Å². The van der Waals surface area contributed by atoms with Gasteiger partial charge in [-0.15, -0.1) is 0 Å². The molecular weight excluding hydrogens is 605 g/mol. The second-order valence-electron chi connectivity index (χ2n) is 20.4. The van der Waals surface area contributed by atoms with Crippen LogP contribution in [0.15, 0.2) is 36.4 Å². The van der Waals surface area contributed by atoms with Crippen LogP contribution in [0, 0.1) is 34.5 Å². The van der Waals surface area contributed by atoms with Gasteiger partial charge in [-0.3, -0.25) is 0 Å². The Morgan fingerprint density at radius 1 is 0.520 bits per heavy atom. The standard InChI is InChI=1S/C48H76N2/c1-31(2)39-17-15-18-40(32(3)4)43(39)49-29-47(25-23-45(49,13)27-37(47)11)35(9)21-22-36(10)48-26-24-46(14,28-38(48)12)50(30-48)44-41(33(5)6)19-16-20-42(44)34(7)8/h15-20,31-38H,21-30H2,1-14H3/t35?,36?,37-,38+,45-,46+,47-,48+. The molecule has 4 bridgehead atoms. The molecule has 0 N–H and O–H groups in total. The summed E-state index contributed by atoms with van der Waals surface area (Å²) in [6.07, 6.45) is 10.9. The van der Waals surface area contributed by atoms with E-state index in [-0.39, 0.29) is 11.1 Å². The Morgan fingerprint density at radius 3 is 1.08 bits per heavy atom. The predicted molar refractivity (Wildman–Crippen MR) is 219 cm³/mol. The van der Waals surface area contributed by atoms with E-state index >= 15 is 0 Å². The van der Waals surface area contributed by atoms with Crippen LogP contribution in [0.3, 0.4) is 0 Å². The number of fused-ring (bicyclic) bond motifs is 6. The maximum absolute atomic E-state index is 2.97. The highest BCUT2D eigenvalue weighted by atomic mass is 15.2. The topological polar surface area (TPSA) is 6.48 Å². The minimum absolute atomic E-state index is 0.263. The summed E-state index contributed by atoms with van der Waals surface area (Å²) in [7, 11) is 0. The number of piperidine rings is 4. The monoisotopic (exact) mass is 681 g/mol. The van der Waals surface area contributed by atoms with E-state index in [1.807, 2.05) is 0 Å². The second kappa shape index (κ2) is 13.5. The molecule has 0 spiro atoms. The van der Waals surface area contributed by atoms with Gasteiger partial charge in [-0.1, -0.05) is 119 Å². The highest BCUT2D eigenvalue weighted by molar-refractivity contribution is 5.66. The van der Waals surface area contributed by atoms with Gasteiger partial charge in [-0.05, 0) is 146 Å². The van der Waals surface area contributed by atoms with Crippen LogP contribution in [-0.4, -0.2) is 24.2 Å². The van der Waals surface area contributed by atoms with Crippen molar-refractivity contribution in [2.45, 2.75) is 183 Å². The van der Waals surface area contributed by atoms with Gasteiger partial charge in [-0.25, -0.2) is 0 Å². The van der Waals surface area contributed by atoms with E-state index in [9.17, 15) is 0 Å². The van der Waals surface area contributed by atoms with Crippen LogP contribution in [0.5, 0.6) is 0 Å². The minimum Gasteiger partial charge on any atom is -0.365 e. The molecule has 2 aromatic carbocycles. The highest BCUT2D eigenvalue weighted by Crippen LogP contribution is 2.62. The van der Waals surface area contributed by atoms with Crippen molar-refractivity contribution < 1.29 is 0 Å². The maximum atomic E-state index is 2.97. The Bertz CT molecular complexity index is 1350. The summed E-state index contributed by atoms with van der Waals surface area (Å²) >= 11 is 0. The fourth-order valence-electron chi connectivity index (χ4n) is 12.6. The van der Waals surface area contributed by atoms with Gasteiger partial charge in [-0.2, -0.15) is 0 Å². The number of hydrogen-bond acceptors (Lipinski definition) is 2. The summed E-state index contributed by atoms with van der Waals surface area (Å²) < 4.78 is 0. The Hall–Kier alpha value is -1.96. The molecular formula is C48H76N2. The number of nitrogens with zero attached hydrogens (tertiary/aromatic N) is 2. The number of para-hydroxylation sites is 2. The molecule has 50 heavy (non-hydrogen) atoms. The Labute approximate surface area is 309 Å². The molecule has 2 aliphatic carbocycles. The van der Waals surface area contributed by atoms with Gasteiger partial charge in [0.1, 0.15) is 0 Å². The predicted octanol–water partition coefficient (Wildman–Crippen LogP) is 13.7. The van der Waals surface area contributed by atoms with Gasteiger partial charge >= 0.3 is 0 Å². The third kappa shape index (κ3) is 5.97. The molecule has 4 saturated heterocycles. The lowest BCUT2D eigenvalue weighted by Crippen LogP contribution is -2.67. The van der Waals surface area contributed by atoms with E-state index in [4.69, 9.17) is 0 Å². The van der Waals surface area contributed by atoms with Crippen LogP contribution in [0.25, 0.3) is 0 Å². The van der Waals surface area contributed by atoms with Crippen molar-refractivity contribution in [3.05, 3.63) is 58.7 Å². The van der Waals surface area contributed by atoms with Crippen molar-refractivity contribution in [1.29, 1.82) is 0 Å². The fraction of sp³-hybridized carbons (Fsp3) is 0.750. The van der Waals surface area contributed by atoms with Gasteiger partial charge in [0.15, 0.2) is 0 Å². The zero-order valence-corrected chi connectivity index (χ0v) is 35.0. The first kappa shape index (κ1) is 37.8. The molecule has 2 saturated carbocycles. The van der Waals surface area contributed by atoms with Crippen LogP contribution in [0.2, 0.25) is 0 Å². The van der Waals surface area contributed by atoms with Crippen molar-refractivity contribution in [2.75, 3.05) is 22.9 Å². The minimum atomic E-state index is 0.263. The summed E-state index contributed by atoms with van der Waals surface area (Å²) in [5.74, 6) is 5.17. The summed E-state index contributed by atoms with van der Waals surface area (Å²) in [6, 6.07) is 14.4. The molecule has 8 rings (SSSR count). The lowest BCUT2D eigenvalue weighted by molar-refractivity contribution is -0.0483. The first-order chi connectivity index (χ1) is 23.4. The van der Waals surface area contributed by atoms with E-state index in [1.54, 1.807) is 33.6 Å². The molecule has 6 aliphatic rings. The van der Waals surface area contributed by atoms with Crippen molar-refractivity contribution in [3.63, 3.8) is 0 Å². The van der Waals surface area contributed by atoms with Gasteiger partial charge < -0.3 is 9.80 Å². The van der Waals surface area contributed by atoms with Crippen molar-refractivity contribution in [1.82, 2.24) is 0 Å². The van der Waals surface area contributed by atoms with E-state index in [0.29, 0.717) is 34.5 Å². The number of anilines is 2. The SMILES string of the molecule is CC(C)c1cccc(C(C)C)c1N1C[C@]2(C(C)CCC(C)[C@]34CC[C@](C)(C[C@H]3C)N(c3c(C(C)C)cccc3C(C)C)C4)CC[C@@]1(C)C[C@@H]2C. The van der Waals surface area contributed by atoms with Crippen molar-refractivity contribution in [3.8, 4) is 0 Å². The second-order valence-corrected chi connectivity index (χ2v) is 20.4. The lowest BCUT2D eigenvalue weighted by Gasteiger charge is -2.66. The average molecular weight is 681 g/mol. The smallest absolute Gasteiger partial charge is 0.0441 e. The summed E-state index contributed by atoms with van der Waals surface area (Å²) in [5, 5.41) is 0. The average Bonchev–Trinajstić information content (AvgIpc) is 3.06. The van der Waals surface area contributed by atoms with Gasteiger partial charge in [0.05, 0.1) is 0 Å². The molecule has 2 aromatic rings. The summed E-state index contributed by atoms with van der Waals surface area (Å²) in [6.45, 7) is 37.5. The molecule has 0 amide bonds. The van der Waals surface area contributed by atoms with Gasteiger partial charge in [0, 0.05) is 35.5 Å². The molecule has 2 unspecified atom stereocenters. The Morgan fingerprint density at radius 2 is 0.820 bits per heavy atom. The van der Waals surface area contributed by atoms with Gasteiger partial charge in [0.25, 0.3) is 0 Å². The van der Waals surface area contributed by atoms with Crippen LogP contribution < -0.4 is 9.80 Å². The third-order valence-electron chi connectivity index (χ3n) is 16.1. The van der Waals surface area contributed by atoms with Crippen LogP contribution in [0.1, 0.15) is 194 Å². The molecule has 6 fully saturated rings. The molecule has 8 atom stereocenters. The first-order valence-corrected chi connectivity index (χ1v) is 21.2. The number of hydrogen-bond donors (Lipinski definition) is 0. The van der Waals surface area contributed by atoms with E-state index in [1.165, 1.54) is 64.5 Å². The quantitative estimate of drug-likeness (QED) is 0.233. The molecule has 4 aliphatic heterocycles. The molecule has 0 radical (unpaired) electrons. The third-order valence-corrected chi connectivity index (χ3v) is 16.1. The molecule has 0 aromatic heterocycles. The van der Waals surface area contributed by atoms with Crippen LogP contribution >= 0.6 is 0 Å². The van der Waals surface area contributed by atoms with Crippen LogP contribution in [0.4, 0.5) is 11.4 Å². The normalized spacial score (nSPS) is 33.7. The fourth-order valence-corrected chi connectivity index (χ4v) is 12.6. The summed E-state index contributed by atoms with van der Waals surface area (Å²) in [5.41, 5.74) is 10.8. The zero-order chi connectivity index (χ0) is 36.6. The number of rotatable bonds is 11.